The van der Waals surface area contributed by atoms with E-state index < -0.39 is 0 Å². The second-order valence-corrected chi connectivity index (χ2v) is 5.23. The van der Waals surface area contributed by atoms with Crippen LogP contribution in [-0.4, -0.2) is 13.4 Å². The van der Waals surface area contributed by atoms with Gasteiger partial charge in [-0.05, 0) is 40.9 Å². The Balaban J connectivity index is 1.83. The van der Waals surface area contributed by atoms with E-state index in [0.29, 0.717) is 35.8 Å². The second kappa shape index (κ2) is 6.55. The number of carbonyl (C=O) groups excluding carboxylic acids is 1. The molecule has 5 nitrogen and oxygen atoms in total. The fraction of sp³-hybridized carbons (Fsp3) is 0.176. The molecule has 0 spiro atoms. The topological polar surface area (TPSA) is 49.1 Å². The van der Waals surface area contributed by atoms with Gasteiger partial charge >= 0.3 is 6.92 Å². The van der Waals surface area contributed by atoms with Crippen molar-refractivity contribution in [2.45, 2.75) is 20.0 Å². The average Bonchev–Trinajstić information content (AvgIpc) is 2.94. The molecule has 0 bridgehead atoms. The van der Waals surface area contributed by atoms with E-state index in [1.165, 1.54) is 5.46 Å². The maximum Gasteiger partial charge on any atom is 0.324 e. The molecule has 1 aliphatic rings. The van der Waals surface area contributed by atoms with E-state index in [4.69, 9.17) is 20.7 Å². The molecule has 0 saturated carbocycles. The van der Waals surface area contributed by atoms with Crippen molar-refractivity contribution in [2.75, 3.05) is 0 Å². The molecule has 1 heterocycles. The summed E-state index contributed by atoms with van der Waals surface area (Å²) in [6.45, 7) is 10.3. The predicted molar refractivity (Wildman–Crippen MR) is 86.1 cm³/mol. The van der Waals surface area contributed by atoms with Gasteiger partial charge in [-0.2, -0.15) is 0 Å². The van der Waals surface area contributed by atoms with Crippen LogP contribution in [-0.2, 0) is 27.4 Å². The lowest BCUT2D eigenvalue weighted by atomic mass is 9.64. The molecule has 2 aromatic carbocycles. The van der Waals surface area contributed by atoms with Gasteiger partial charge in [0.2, 0.25) is 0 Å². The average molecular weight is 307 g/mol. The lowest BCUT2D eigenvalue weighted by molar-refractivity contribution is -0.129. The van der Waals surface area contributed by atoms with Crippen LogP contribution in [0.5, 0.6) is 11.5 Å². The molecule has 0 unspecified atom stereocenters. The molecule has 3 rings (SSSR count). The molecule has 0 atom stereocenters. The summed E-state index contributed by atoms with van der Waals surface area (Å²) in [6, 6.07) is 11.0. The quantitative estimate of drug-likeness (QED) is 0.484. The summed E-state index contributed by atoms with van der Waals surface area (Å²) in [5.74, 6) is 1.30. The first-order chi connectivity index (χ1) is 11.2. The van der Waals surface area contributed by atoms with Crippen molar-refractivity contribution < 1.29 is 18.9 Å². The minimum atomic E-state index is 0.0496. The lowest BCUT2D eigenvalue weighted by Crippen LogP contribution is -2.23. The van der Waals surface area contributed by atoms with Crippen molar-refractivity contribution in [3.05, 3.63) is 58.9 Å². The first-order valence-corrected chi connectivity index (χ1v) is 7.19. The van der Waals surface area contributed by atoms with Gasteiger partial charge in [-0.15, -0.1) is 0 Å². The van der Waals surface area contributed by atoms with Crippen LogP contribution in [0.15, 0.2) is 36.4 Å². The Kier molecular flexibility index (Phi) is 4.31. The Labute approximate surface area is 134 Å². The minimum absolute atomic E-state index is 0.0496. The number of nitrogens with zero attached hydrogens (tertiary/aromatic N) is 1. The zero-order chi connectivity index (χ0) is 16.2. The van der Waals surface area contributed by atoms with E-state index in [1.54, 1.807) is 18.2 Å². The molecular weight excluding hydrogens is 293 g/mol. The zero-order valence-electron chi connectivity index (χ0n) is 12.6. The molecule has 6 heteroatoms. The van der Waals surface area contributed by atoms with Gasteiger partial charge in [0.05, 0.1) is 13.2 Å². The van der Waals surface area contributed by atoms with Crippen molar-refractivity contribution in [3.63, 3.8) is 0 Å². The first kappa shape index (κ1) is 15.1. The first-order valence-electron chi connectivity index (χ1n) is 7.19. The molecular formula is C17H14BNO4. The summed E-state index contributed by atoms with van der Waals surface area (Å²) in [5, 5.41) is 0. The minimum Gasteiger partial charge on any atom is -0.464 e. The highest BCUT2D eigenvalue weighted by Gasteiger charge is 2.23. The fourth-order valence-corrected chi connectivity index (χ4v) is 2.58. The van der Waals surface area contributed by atoms with Gasteiger partial charge < -0.3 is 14.1 Å². The largest absolute Gasteiger partial charge is 0.464 e. The Hall–Kier alpha value is -2.78. The SMILES string of the molecule is [C-]#[N+]c1ccc(Oc2ccc3c(c2)COB3C)cc1COC=O. The van der Waals surface area contributed by atoms with E-state index in [2.05, 4.69) is 4.85 Å². The fourth-order valence-electron chi connectivity index (χ4n) is 2.58. The molecule has 0 radical (unpaired) electrons. The van der Waals surface area contributed by atoms with Crippen LogP contribution in [0, 0.1) is 6.57 Å². The predicted octanol–water partition coefficient (Wildman–Crippen LogP) is 3.06. The van der Waals surface area contributed by atoms with Crippen LogP contribution in [0.4, 0.5) is 5.69 Å². The third-order valence-electron chi connectivity index (χ3n) is 3.76. The highest BCUT2D eigenvalue weighted by Crippen LogP contribution is 2.29. The zero-order valence-corrected chi connectivity index (χ0v) is 12.6. The van der Waals surface area contributed by atoms with Crippen molar-refractivity contribution >= 4 is 24.5 Å². The number of ether oxygens (including phenoxy) is 2. The van der Waals surface area contributed by atoms with Gasteiger partial charge in [0.25, 0.3) is 6.47 Å². The number of fused-ring (bicyclic) bond motifs is 1. The Bertz CT molecular complexity index is 785. The van der Waals surface area contributed by atoms with Gasteiger partial charge in [0.15, 0.2) is 5.69 Å². The third kappa shape index (κ3) is 3.20. The summed E-state index contributed by atoms with van der Waals surface area (Å²) in [6.07, 6.45) is 0. The van der Waals surface area contributed by atoms with Gasteiger partial charge in [0.1, 0.15) is 18.1 Å². The smallest absolute Gasteiger partial charge is 0.324 e. The molecule has 0 amide bonds. The van der Waals surface area contributed by atoms with Gasteiger partial charge in [-0.25, -0.2) is 4.85 Å². The molecule has 0 saturated heterocycles. The lowest BCUT2D eigenvalue weighted by Gasteiger charge is -2.10. The van der Waals surface area contributed by atoms with Crippen LogP contribution in [0.1, 0.15) is 11.1 Å². The number of carbonyl (C=O) groups is 1. The normalized spacial score (nSPS) is 12.4. The summed E-state index contributed by atoms with van der Waals surface area (Å²) in [5.41, 5.74) is 3.36. The van der Waals surface area contributed by atoms with E-state index in [1.807, 2.05) is 25.0 Å². The summed E-state index contributed by atoms with van der Waals surface area (Å²) in [4.78, 5) is 13.8. The van der Waals surface area contributed by atoms with Gasteiger partial charge in [0, 0.05) is 0 Å². The molecule has 114 valence electrons. The van der Waals surface area contributed by atoms with Crippen molar-refractivity contribution in [1.29, 1.82) is 0 Å². The maximum atomic E-state index is 10.3. The number of rotatable bonds is 5. The third-order valence-corrected chi connectivity index (χ3v) is 3.76. The highest BCUT2D eigenvalue weighted by atomic mass is 16.5. The Morgan fingerprint density at radius 1 is 1.30 bits per heavy atom. The molecule has 23 heavy (non-hydrogen) atoms. The van der Waals surface area contributed by atoms with E-state index in [9.17, 15) is 4.79 Å². The number of hydrogen-bond donors (Lipinski definition) is 0. The summed E-state index contributed by atoms with van der Waals surface area (Å²) < 4.78 is 16.2. The number of benzene rings is 2. The monoisotopic (exact) mass is 307 g/mol. The Morgan fingerprint density at radius 2 is 2.09 bits per heavy atom. The molecule has 0 N–H and O–H groups in total. The molecule has 1 aliphatic heterocycles. The van der Waals surface area contributed by atoms with E-state index in [-0.39, 0.29) is 13.5 Å². The van der Waals surface area contributed by atoms with Crippen LogP contribution in [0.25, 0.3) is 4.85 Å². The van der Waals surface area contributed by atoms with Crippen LogP contribution in [0.2, 0.25) is 6.82 Å². The van der Waals surface area contributed by atoms with Crippen LogP contribution >= 0.6 is 0 Å². The molecule has 0 fully saturated rings. The standard InChI is InChI=1S/C17H14BNO4/c1-18-16-5-3-14(7-12(16)10-22-18)23-15-4-6-17(19-2)13(8-15)9-21-11-20/h3-8,11H,9-10H2,1H3. The summed E-state index contributed by atoms with van der Waals surface area (Å²) >= 11 is 0. The Morgan fingerprint density at radius 3 is 2.87 bits per heavy atom. The second-order valence-electron chi connectivity index (χ2n) is 5.23. The number of hydrogen-bond acceptors (Lipinski definition) is 4. The molecule has 0 aromatic heterocycles. The van der Waals surface area contributed by atoms with Crippen LogP contribution < -0.4 is 10.2 Å². The van der Waals surface area contributed by atoms with Crippen molar-refractivity contribution in [2.24, 2.45) is 0 Å². The van der Waals surface area contributed by atoms with Crippen molar-refractivity contribution in [3.8, 4) is 11.5 Å². The summed E-state index contributed by atoms with van der Waals surface area (Å²) in [7, 11) is 0. The highest BCUT2D eigenvalue weighted by molar-refractivity contribution is 6.67. The van der Waals surface area contributed by atoms with Crippen molar-refractivity contribution in [1.82, 2.24) is 0 Å². The maximum absolute atomic E-state index is 10.3. The molecule has 2 aromatic rings. The van der Waals surface area contributed by atoms with Crippen LogP contribution in [0.3, 0.4) is 0 Å². The van der Waals surface area contributed by atoms with E-state index in [0.717, 1.165) is 5.56 Å². The van der Waals surface area contributed by atoms with Gasteiger partial charge in [-0.3, -0.25) is 4.79 Å². The van der Waals surface area contributed by atoms with Gasteiger partial charge in [-0.1, -0.05) is 19.0 Å². The van der Waals surface area contributed by atoms with E-state index >= 15 is 0 Å². The molecule has 0 aliphatic carbocycles.